The second-order valence-electron chi connectivity index (χ2n) is 15.9. The van der Waals surface area contributed by atoms with Gasteiger partial charge in [-0.2, -0.15) is 0 Å². The van der Waals surface area contributed by atoms with E-state index in [1.807, 2.05) is 19.3 Å². The highest BCUT2D eigenvalue weighted by molar-refractivity contribution is 5.93. The summed E-state index contributed by atoms with van der Waals surface area (Å²) in [5.41, 5.74) is 9.22. The van der Waals surface area contributed by atoms with E-state index in [1.165, 1.54) is 44.4 Å². The van der Waals surface area contributed by atoms with Crippen molar-refractivity contribution in [1.29, 1.82) is 0 Å². The number of nitrogens with one attached hydrogen (secondary N) is 8. The average molecular weight is 951 g/mol. The summed E-state index contributed by atoms with van der Waals surface area (Å²) in [7, 11) is 0. The fraction of sp³-hybridized carbons (Fsp3) is 0.511. The quantitative estimate of drug-likeness (QED) is 0.0234. The van der Waals surface area contributed by atoms with Gasteiger partial charge >= 0.3 is 0 Å². The van der Waals surface area contributed by atoms with Crippen molar-refractivity contribution in [3.05, 3.63) is 72.2 Å². The summed E-state index contributed by atoms with van der Waals surface area (Å²) < 4.78 is 27.9. The number of hydrogen-bond donors (Lipinski definition) is 9. The summed E-state index contributed by atoms with van der Waals surface area (Å²) in [6.45, 7) is 7.43. The van der Waals surface area contributed by atoms with Crippen molar-refractivity contribution >= 4 is 52.8 Å². The maximum absolute atomic E-state index is 14.3. The Labute approximate surface area is 396 Å². The molecule has 68 heavy (non-hydrogen) atoms. The molecule has 2 unspecified atom stereocenters. The second kappa shape index (κ2) is 31.4. The molecule has 2 bridgehead atoms. The van der Waals surface area contributed by atoms with Crippen LogP contribution in [0.4, 0.5) is 14.6 Å². The molecule has 3 fully saturated rings. The number of H-pyrrole nitrogens is 1. The largest absolute Gasteiger partial charge is 0.364 e. The minimum atomic E-state index is -1.03. The van der Waals surface area contributed by atoms with Crippen molar-refractivity contribution < 1.29 is 42.4 Å². The SMILES string of the molecule is CC.CCC.Fc1cnc2[nH]cc(-c3ncc(F)c(NC4CC5CCC4CC5)n3)c2c1.NCCCCCC(=O)NCC(=O)NCC(=O)NC(Cc1ccccc1)C(=O)NCC(=O)NCONC=O. The molecule has 3 saturated carbocycles. The van der Waals surface area contributed by atoms with Crippen LogP contribution in [0.3, 0.4) is 0 Å². The van der Waals surface area contributed by atoms with Crippen LogP contribution >= 0.6 is 0 Å². The fourth-order valence-corrected chi connectivity index (χ4v) is 7.46. The number of hydroxylamine groups is 1. The molecule has 6 amide bonds. The third-order valence-electron chi connectivity index (χ3n) is 10.7. The Morgan fingerprint density at radius 2 is 1.54 bits per heavy atom. The predicted molar refractivity (Wildman–Crippen MR) is 254 cm³/mol. The normalized spacial score (nSPS) is 15.8. The zero-order chi connectivity index (χ0) is 49.7. The average Bonchev–Trinajstić information content (AvgIpc) is 3.77. The molecule has 3 heterocycles. The lowest BCUT2D eigenvalue weighted by molar-refractivity contribution is -0.132. The number of nitrogens with zero attached hydrogens (tertiary/aromatic N) is 3. The smallest absolute Gasteiger partial charge is 0.243 e. The van der Waals surface area contributed by atoms with Crippen LogP contribution in [0.1, 0.15) is 97.5 Å². The number of carbonyl (C=O) groups excluding carboxylic acids is 6. The highest BCUT2D eigenvalue weighted by Gasteiger charge is 2.36. The van der Waals surface area contributed by atoms with Gasteiger partial charge in [-0.25, -0.2) is 29.2 Å². The van der Waals surface area contributed by atoms with Gasteiger partial charge in [0.05, 0.1) is 32.0 Å². The van der Waals surface area contributed by atoms with Gasteiger partial charge in [-0.3, -0.25) is 33.6 Å². The second-order valence-corrected chi connectivity index (χ2v) is 15.9. The van der Waals surface area contributed by atoms with Gasteiger partial charge in [-0.1, -0.05) is 83.7 Å². The summed E-state index contributed by atoms with van der Waals surface area (Å²) in [5.74, 6) is -1.64. The summed E-state index contributed by atoms with van der Waals surface area (Å²) in [5, 5.41) is 16.0. The topological polar surface area (TPSA) is 276 Å². The maximum atomic E-state index is 14.3. The number of aromatic amines is 1. The number of pyridine rings is 1. The van der Waals surface area contributed by atoms with E-state index in [-0.39, 0.29) is 50.3 Å². The number of fused-ring (bicyclic) bond motifs is 4. The Morgan fingerprint density at radius 1 is 0.868 bits per heavy atom. The van der Waals surface area contributed by atoms with Crippen molar-refractivity contribution in [1.82, 2.24) is 52.0 Å². The van der Waals surface area contributed by atoms with E-state index in [9.17, 15) is 37.5 Å². The molecule has 10 N–H and O–H groups in total. The van der Waals surface area contributed by atoms with E-state index in [1.54, 1.807) is 36.5 Å². The lowest BCUT2D eigenvalue weighted by Crippen LogP contribution is -2.52. The van der Waals surface area contributed by atoms with E-state index in [0.29, 0.717) is 41.3 Å². The molecule has 0 saturated heterocycles. The first-order chi connectivity index (χ1) is 32.9. The molecule has 3 aliphatic rings. The van der Waals surface area contributed by atoms with Gasteiger partial charge in [0.1, 0.15) is 24.2 Å². The molecule has 0 spiro atoms. The number of aromatic nitrogens is 4. The molecule has 7 rings (SSSR count). The Morgan fingerprint density at radius 3 is 2.22 bits per heavy atom. The Balaban J connectivity index is 0.000000342. The lowest BCUT2D eigenvalue weighted by Gasteiger charge is -2.42. The number of carbonyl (C=O) groups is 6. The molecule has 4 aromatic rings. The van der Waals surface area contributed by atoms with Crippen molar-refractivity contribution in [2.75, 3.05) is 38.2 Å². The molecule has 3 aromatic heterocycles. The van der Waals surface area contributed by atoms with E-state index in [2.05, 4.69) is 70.5 Å². The third kappa shape index (κ3) is 19.7. The van der Waals surface area contributed by atoms with Gasteiger partial charge in [-0.05, 0) is 62.1 Å². The van der Waals surface area contributed by atoms with Crippen molar-refractivity contribution in [2.24, 2.45) is 17.6 Å². The highest BCUT2D eigenvalue weighted by atomic mass is 19.1. The van der Waals surface area contributed by atoms with Crippen LogP contribution < -0.4 is 43.1 Å². The minimum Gasteiger partial charge on any atom is -0.364 e. The number of unbranched alkanes of at least 4 members (excludes halogenated alkanes) is 2. The van der Waals surface area contributed by atoms with Crippen molar-refractivity contribution in [2.45, 2.75) is 110 Å². The number of amides is 6. The minimum absolute atomic E-state index is 0.139. The van der Waals surface area contributed by atoms with E-state index in [4.69, 9.17) is 5.73 Å². The summed E-state index contributed by atoms with van der Waals surface area (Å²) in [4.78, 5) is 90.7. The Kier molecular flexibility index (Phi) is 25.7. The van der Waals surface area contributed by atoms with Crippen LogP contribution in [-0.4, -0.2) is 101 Å². The molecular weight excluding hydrogens is 883 g/mol. The third-order valence-corrected chi connectivity index (χ3v) is 10.7. The zero-order valence-corrected chi connectivity index (χ0v) is 39.4. The molecule has 0 radical (unpaired) electrons. The summed E-state index contributed by atoms with van der Waals surface area (Å²) in [6, 6.07) is 9.53. The summed E-state index contributed by atoms with van der Waals surface area (Å²) in [6.07, 6.45) is 14.3. The van der Waals surface area contributed by atoms with Crippen molar-refractivity contribution in [3.8, 4) is 11.4 Å². The number of anilines is 1. The Hall–Kier alpha value is -6.61. The molecular formula is C47H68F2N12O7. The fourth-order valence-electron chi connectivity index (χ4n) is 7.46. The number of nitrogens with two attached hydrogens (primary N) is 1. The van der Waals surface area contributed by atoms with E-state index < -0.39 is 54.4 Å². The maximum Gasteiger partial charge on any atom is 0.243 e. The monoisotopic (exact) mass is 951 g/mol. The Bertz CT molecular complexity index is 2170. The van der Waals surface area contributed by atoms with Gasteiger partial charge in [0.15, 0.2) is 17.5 Å². The van der Waals surface area contributed by atoms with E-state index >= 15 is 0 Å². The molecule has 2 atom stereocenters. The van der Waals surface area contributed by atoms with Gasteiger partial charge < -0.3 is 42.6 Å². The number of halogens is 2. The van der Waals surface area contributed by atoms with Crippen LogP contribution in [-0.2, 0) is 40.0 Å². The molecule has 21 heteroatoms. The predicted octanol–water partition coefficient (Wildman–Crippen LogP) is 4.06. The molecule has 3 aliphatic carbocycles. The van der Waals surface area contributed by atoms with Crippen LogP contribution in [0.25, 0.3) is 22.4 Å². The number of hydrogen-bond acceptors (Lipinski definition) is 12. The van der Waals surface area contributed by atoms with Gasteiger partial charge in [0.2, 0.25) is 35.9 Å². The molecule has 372 valence electrons. The first-order valence-corrected chi connectivity index (χ1v) is 23.3. The number of rotatable bonds is 22. The highest BCUT2D eigenvalue weighted by Crippen LogP contribution is 2.42. The first-order valence-electron chi connectivity index (χ1n) is 23.3. The zero-order valence-electron chi connectivity index (χ0n) is 39.4. The summed E-state index contributed by atoms with van der Waals surface area (Å²) >= 11 is 0. The van der Waals surface area contributed by atoms with E-state index in [0.717, 1.165) is 36.9 Å². The standard InChI is InChI=1S/C23H35N7O7.C19H19F2N5.C3H8.C2H6/c24-10-6-2-5-9-19(32)25-12-20(33)26-14-22(35)30-18(11-17-7-3-1-4-8-17)23(36)27-13-21(34)28-16-37-29-15-31;20-12-6-13-14(8-23-17(13)22-7-12)18-24-9-15(21)19(26-18)25-16-5-10-1-3-11(16)4-2-10;1-3-2;1-2/h1,3-4,7-8,15,18H,2,5-6,9-14,16,24H2,(H,25,32)(H,26,33)(H,27,36)(H,28,34)(H,29,31)(H,30,35);6-11,16H,1-5H2,(H,22,23)(H,24,25,26);3H2,1-2H3;1-2H3. The molecule has 1 aromatic carbocycles. The lowest BCUT2D eigenvalue weighted by atomic mass is 9.68. The van der Waals surface area contributed by atoms with Crippen LogP contribution in [0.15, 0.2) is 55.0 Å². The van der Waals surface area contributed by atoms with Crippen LogP contribution in [0, 0.1) is 23.5 Å². The van der Waals surface area contributed by atoms with Crippen LogP contribution in [0.2, 0.25) is 0 Å². The molecule has 0 aliphatic heterocycles. The van der Waals surface area contributed by atoms with Crippen LogP contribution in [0.5, 0.6) is 0 Å². The van der Waals surface area contributed by atoms with Gasteiger partial charge in [-0.15, -0.1) is 0 Å². The molecule has 19 nitrogen and oxygen atoms in total. The first kappa shape index (κ1) is 55.7. The number of benzene rings is 1. The van der Waals surface area contributed by atoms with Gasteiger partial charge in [0.25, 0.3) is 0 Å². The van der Waals surface area contributed by atoms with Crippen molar-refractivity contribution in [3.63, 3.8) is 0 Å². The van der Waals surface area contributed by atoms with Gasteiger partial charge in [0, 0.05) is 36.0 Å².